The van der Waals surface area contributed by atoms with Gasteiger partial charge in [0.1, 0.15) is 5.82 Å². The normalized spacial score (nSPS) is 9.75. The lowest BCUT2D eigenvalue weighted by Crippen LogP contribution is -2.25. The van der Waals surface area contributed by atoms with Crippen LogP contribution in [0.4, 0.5) is 5.82 Å². The van der Waals surface area contributed by atoms with Gasteiger partial charge >= 0.3 is 0 Å². The number of hydrogen-bond acceptors (Lipinski definition) is 4. The fourth-order valence-corrected chi connectivity index (χ4v) is 1.16. The van der Waals surface area contributed by atoms with E-state index in [1.54, 1.807) is 6.07 Å². The molecule has 0 aromatic carbocycles. The molecule has 6 heteroatoms. The Labute approximate surface area is 93.0 Å². The summed E-state index contributed by atoms with van der Waals surface area (Å²) in [6.07, 6.45) is 2.26. The van der Waals surface area contributed by atoms with Gasteiger partial charge in [0.05, 0.1) is 0 Å². The number of aromatic nitrogens is 1. The van der Waals surface area contributed by atoms with Crippen LogP contribution in [0.25, 0.3) is 0 Å². The lowest BCUT2D eigenvalue weighted by molar-refractivity contribution is -0.118. The van der Waals surface area contributed by atoms with Crippen LogP contribution in [0.3, 0.4) is 0 Å². The van der Waals surface area contributed by atoms with Crippen molar-refractivity contribution < 1.29 is 9.59 Å². The second kappa shape index (κ2) is 5.69. The number of carbonyl (C=O) groups excluding carboxylic acids is 2. The van der Waals surface area contributed by atoms with Crippen molar-refractivity contribution in [3.05, 3.63) is 23.9 Å². The second-order valence-corrected chi connectivity index (χ2v) is 3.30. The Hall–Kier alpha value is -2.11. The molecular formula is C10H14N4O2. The zero-order valence-corrected chi connectivity index (χ0v) is 8.77. The van der Waals surface area contributed by atoms with E-state index in [1.807, 2.05) is 0 Å². The van der Waals surface area contributed by atoms with Crippen molar-refractivity contribution in [2.45, 2.75) is 12.8 Å². The number of nitrogens with zero attached hydrogens (tertiary/aromatic N) is 1. The molecule has 0 aliphatic carbocycles. The highest BCUT2D eigenvalue weighted by Gasteiger charge is 2.05. The van der Waals surface area contributed by atoms with Gasteiger partial charge in [0.2, 0.25) is 5.91 Å². The Bertz CT molecular complexity index is 392. The lowest BCUT2D eigenvalue weighted by Gasteiger charge is -2.04. The van der Waals surface area contributed by atoms with E-state index < -0.39 is 0 Å². The lowest BCUT2D eigenvalue weighted by atomic mass is 10.2. The SMILES string of the molecule is NC(=O)CCCNC(=O)c1ccnc(N)c1. The first-order valence-corrected chi connectivity index (χ1v) is 4.87. The summed E-state index contributed by atoms with van der Waals surface area (Å²) in [5.41, 5.74) is 10.9. The average molecular weight is 222 g/mol. The van der Waals surface area contributed by atoms with Crippen LogP contribution >= 0.6 is 0 Å². The molecule has 0 atom stereocenters. The number of pyridine rings is 1. The van der Waals surface area contributed by atoms with Crippen molar-refractivity contribution in [2.75, 3.05) is 12.3 Å². The van der Waals surface area contributed by atoms with Gasteiger partial charge in [-0.25, -0.2) is 4.98 Å². The van der Waals surface area contributed by atoms with E-state index in [0.29, 0.717) is 24.3 Å². The first-order chi connectivity index (χ1) is 7.59. The van der Waals surface area contributed by atoms with Crippen molar-refractivity contribution in [2.24, 2.45) is 5.73 Å². The number of rotatable bonds is 5. The van der Waals surface area contributed by atoms with Crippen molar-refractivity contribution >= 4 is 17.6 Å². The van der Waals surface area contributed by atoms with Crippen LogP contribution in [-0.4, -0.2) is 23.3 Å². The molecule has 1 rings (SSSR count). The Morgan fingerprint density at radius 2 is 2.19 bits per heavy atom. The molecule has 0 fully saturated rings. The predicted molar refractivity (Wildman–Crippen MR) is 59.4 cm³/mol. The minimum absolute atomic E-state index is 0.237. The standard InChI is InChI=1S/C10H14N4O2/c11-8-6-7(3-5-13-8)10(16)14-4-1-2-9(12)15/h3,5-6H,1-2,4H2,(H2,11,13)(H2,12,15)(H,14,16). The maximum absolute atomic E-state index is 11.5. The molecule has 0 spiro atoms. The van der Waals surface area contributed by atoms with Gasteiger partial charge in [-0.15, -0.1) is 0 Å². The van der Waals surface area contributed by atoms with Crippen LogP contribution in [-0.2, 0) is 4.79 Å². The Balaban J connectivity index is 2.38. The third kappa shape index (κ3) is 3.95. The molecule has 1 aromatic heterocycles. The quantitative estimate of drug-likeness (QED) is 0.591. The maximum Gasteiger partial charge on any atom is 0.251 e. The molecular weight excluding hydrogens is 208 g/mol. The van der Waals surface area contributed by atoms with Gasteiger partial charge in [-0.1, -0.05) is 0 Å². The van der Waals surface area contributed by atoms with Gasteiger partial charge in [-0.3, -0.25) is 9.59 Å². The first-order valence-electron chi connectivity index (χ1n) is 4.87. The molecule has 0 bridgehead atoms. The minimum atomic E-state index is -0.373. The monoisotopic (exact) mass is 222 g/mol. The number of primary amides is 1. The highest BCUT2D eigenvalue weighted by atomic mass is 16.2. The molecule has 0 saturated heterocycles. The van der Waals surface area contributed by atoms with E-state index in [-0.39, 0.29) is 18.2 Å². The Morgan fingerprint density at radius 1 is 1.44 bits per heavy atom. The molecule has 5 N–H and O–H groups in total. The molecule has 1 aromatic rings. The molecule has 2 amide bonds. The largest absolute Gasteiger partial charge is 0.384 e. The number of amides is 2. The summed E-state index contributed by atoms with van der Waals surface area (Å²) in [6, 6.07) is 3.06. The van der Waals surface area contributed by atoms with Gasteiger partial charge in [0, 0.05) is 24.7 Å². The summed E-state index contributed by atoms with van der Waals surface area (Å²) >= 11 is 0. The van der Waals surface area contributed by atoms with Gasteiger partial charge < -0.3 is 16.8 Å². The van der Waals surface area contributed by atoms with E-state index in [4.69, 9.17) is 11.5 Å². The second-order valence-electron chi connectivity index (χ2n) is 3.30. The van der Waals surface area contributed by atoms with Gasteiger partial charge in [0.15, 0.2) is 0 Å². The van der Waals surface area contributed by atoms with Crippen molar-refractivity contribution in [3.8, 4) is 0 Å². The van der Waals surface area contributed by atoms with E-state index in [0.717, 1.165) is 0 Å². The molecule has 0 radical (unpaired) electrons. The smallest absolute Gasteiger partial charge is 0.251 e. The molecule has 16 heavy (non-hydrogen) atoms. The molecule has 6 nitrogen and oxygen atoms in total. The molecule has 1 heterocycles. The fraction of sp³-hybridized carbons (Fsp3) is 0.300. The van der Waals surface area contributed by atoms with Crippen LogP contribution in [0.2, 0.25) is 0 Å². The third-order valence-corrected chi connectivity index (χ3v) is 1.93. The van der Waals surface area contributed by atoms with Crippen molar-refractivity contribution in [3.63, 3.8) is 0 Å². The summed E-state index contributed by atoms with van der Waals surface area (Å²) in [5.74, 6) is -0.314. The fourth-order valence-electron chi connectivity index (χ4n) is 1.16. The average Bonchev–Trinajstić information content (AvgIpc) is 2.24. The zero-order chi connectivity index (χ0) is 12.0. The van der Waals surface area contributed by atoms with Crippen LogP contribution in [0, 0.1) is 0 Å². The molecule has 0 saturated carbocycles. The summed E-state index contributed by atoms with van der Waals surface area (Å²) < 4.78 is 0. The molecule has 0 aliphatic heterocycles. The Kier molecular flexibility index (Phi) is 4.26. The van der Waals surface area contributed by atoms with E-state index in [2.05, 4.69) is 10.3 Å². The summed E-state index contributed by atoms with van der Waals surface area (Å²) in [7, 11) is 0. The zero-order valence-electron chi connectivity index (χ0n) is 8.77. The van der Waals surface area contributed by atoms with Gasteiger partial charge in [-0.05, 0) is 18.6 Å². The number of nitrogens with one attached hydrogen (secondary N) is 1. The summed E-state index contributed by atoms with van der Waals surface area (Å²) in [4.78, 5) is 25.8. The van der Waals surface area contributed by atoms with Crippen molar-refractivity contribution in [1.82, 2.24) is 10.3 Å². The Morgan fingerprint density at radius 3 is 2.81 bits per heavy atom. The molecule has 0 unspecified atom stereocenters. The van der Waals surface area contributed by atoms with Crippen LogP contribution < -0.4 is 16.8 Å². The molecule has 86 valence electrons. The topological polar surface area (TPSA) is 111 Å². The van der Waals surface area contributed by atoms with Crippen LogP contribution in [0.5, 0.6) is 0 Å². The minimum Gasteiger partial charge on any atom is -0.384 e. The highest BCUT2D eigenvalue weighted by Crippen LogP contribution is 2.02. The van der Waals surface area contributed by atoms with Gasteiger partial charge in [0.25, 0.3) is 5.91 Å². The van der Waals surface area contributed by atoms with E-state index in [1.165, 1.54) is 12.3 Å². The predicted octanol–water partition coefficient (Wildman–Crippen LogP) is -0.341. The molecule has 0 aliphatic rings. The third-order valence-electron chi connectivity index (χ3n) is 1.93. The van der Waals surface area contributed by atoms with Crippen LogP contribution in [0.1, 0.15) is 23.2 Å². The number of nitrogens with two attached hydrogens (primary N) is 2. The van der Waals surface area contributed by atoms with E-state index in [9.17, 15) is 9.59 Å². The van der Waals surface area contributed by atoms with Crippen LogP contribution in [0.15, 0.2) is 18.3 Å². The number of carbonyl (C=O) groups is 2. The van der Waals surface area contributed by atoms with Gasteiger partial charge in [-0.2, -0.15) is 0 Å². The van der Waals surface area contributed by atoms with Crippen molar-refractivity contribution in [1.29, 1.82) is 0 Å². The maximum atomic E-state index is 11.5. The number of nitrogen functional groups attached to an aromatic ring is 1. The highest BCUT2D eigenvalue weighted by molar-refractivity contribution is 5.94. The summed E-state index contributed by atoms with van der Waals surface area (Å²) in [5, 5.41) is 2.65. The number of anilines is 1. The first kappa shape index (κ1) is 12.0. The number of hydrogen-bond donors (Lipinski definition) is 3. The summed E-state index contributed by atoms with van der Waals surface area (Å²) in [6.45, 7) is 0.407. The van der Waals surface area contributed by atoms with E-state index >= 15 is 0 Å².